The SMILES string of the molecule is CCOc1ccc(N(CCCC(=O)N(Cc2ccc(Cl)cc2)[C@@H](C)C(=O)N[C@H](C)CC)S(C)(=O)=O)cc1. The standard InChI is InChI=1S/C27H38ClN3O5S/c1-6-20(3)29-27(33)21(4)30(19-22-10-12-23(28)13-11-22)26(32)9-8-18-31(37(5,34)35)24-14-16-25(17-15-24)36-7-2/h10-17,20-21H,6-9,18-19H2,1-5H3,(H,29,33)/t20-,21+/m1/s1. The third-order valence-electron chi connectivity index (χ3n) is 6.02. The summed E-state index contributed by atoms with van der Waals surface area (Å²) in [5.74, 6) is 0.183. The number of ether oxygens (including phenoxy) is 1. The van der Waals surface area contributed by atoms with Crippen molar-refractivity contribution in [3.63, 3.8) is 0 Å². The van der Waals surface area contributed by atoms with Crippen molar-refractivity contribution >= 4 is 39.1 Å². The van der Waals surface area contributed by atoms with Gasteiger partial charge in [-0.15, -0.1) is 0 Å². The lowest BCUT2D eigenvalue weighted by Gasteiger charge is -2.30. The number of benzene rings is 2. The molecule has 37 heavy (non-hydrogen) atoms. The molecule has 204 valence electrons. The summed E-state index contributed by atoms with van der Waals surface area (Å²) in [5, 5.41) is 3.52. The zero-order valence-electron chi connectivity index (χ0n) is 22.2. The second kappa shape index (κ2) is 14.2. The Morgan fingerprint density at radius 3 is 2.19 bits per heavy atom. The molecule has 2 aromatic rings. The fraction of sp³-hybridized carbons (Fsp3) is 0.481. The summed E-state index contributed by atoms with van der Waals surface area (Å²) in [4.78, 5) is 27.7. The van der Waals surface area contributed by atoms with Crippen molar-refractivity contribution < 1.29 is 22.7 Å². The van der Waals surface area contributed by atoms with Crippen molar-refractivity contribution in [3.8, 4) is 5.75 Å². The van der Waals surface area contributed by atoms with Crippen LogP contribution in [0.1, 0.15) is 52.5 Å². The number of anilines is 1. The van der Waals surface area contributed by atoms with Crippen LogP contribution in [0.4, 0.5) is 5.69 Å². The van der Waals surface area contributed by atoms with E-state index >= 15 is 0 Å². The van der Waals surface area contributed by atoms with Gasteiger partial charge in [0.2, 0.25) is 21.8 Å². The molecular formula is C27H38ClN3O5S. The molecule has 0 unspecified atom stereocenters. The predicted octanol–water partition coefficient (Wildman–Crippen LogP) is 4.62. The van der Waals surface area contributed by atoms with Crippen molar-refractivity contribution in [3.05, 3.63) is 59.1 Å². The predicted molar refractivity (Wildman–Crippen MR) is 148 cm³/mol. The summed E-state index contributed by atoms with van der Waals surface area (Å²) < 4.78 is 31.7. The van der Waals surface area contributed by atoms with Crippen molar-refractivity contribution in [2.45, 2.75) is 65.6 Å². The van der Waals surface area contributed by atoms with Gasteiger partial charge in [0.1, 0.15) is 11.8 Å². The lowest BCUT2D eigenvalue weighted by molar-refractivity contribution is -0.140. The van der Waals surface area contributed by atoms with Gasteiger partial charge in [-0.25, -0.2) is 8.42 Å². The molecule has 0 heterocycles. The Labute approximate surface area is 226 Å². The van der Waals surface area contributed by atoms with Crippen molar-refractivity contribution in [2.75, 3.05) is 23.7 Å². The molecule has 2 amide bonds. The van der Waals surface area contributed by atoms with Crippen LogP contribution in [0.3, 0.4) is 0 Å². The number of carbonyl (C=O) groups excluding carboxylic acids is 2. The average Bonchev–Trinajstić information content (AvgIpc) is 2.85. The smallest absolute Gasteiger partial charge is 0.242 e. The van der Waals surface area contributed by atoms with Crippen LogP contribution in [0.25, 0.3) is 0 Å². The van der Waals surface area contributed by atoms with E-state index in [1.807, 2.05) is 32.9 Å². The average molecular weight is 552 g/mol. The molecule has 0 aromatic heterocycles. The molecule has 8 nitrogen and oxygen atoms in total. The first-order valence-corrected chi connectivity index (χ1v) is 14.7. The molecule has 0 radical (unpaired) electrons. The number of nitrogens with one attached hydrogen (secondary N) is 1. The lowest BCUT2D eigenvalue weighted by atomic mass is 10.1. The molecule has 1 N–H and O–H groups in total. The summed E-state index contributed by atoms with van der Waals surface area (Å²) in [7, 11) is -3.57. The summed E-state index contributed by atoms with van der Waals surface area (Å²) in [6.07, 6.45) is 2.28. The van der Waals surface area contributed by atoms with Crippen LogP contribution in [0.5, 0.6) is 5.75 Å². The molecule has 2 atom stereocenters. The minimum Gasteiger partial charge on any atom is -0.494 e. The molecule has 2 aromatic carbocycles. The van der Waals surface area contributed by atoms with Gasteiger partial charge in [-0.3, -0.25) is 13.9 Å². The van der Waals surface area contributed by atoms with E-state index in [0.717, 1.165) is 18.2 Å². The van der Waals surface area contributed by atoms with Crippen LogP contribution in [0.15, 0.2) is 48.5 Å². The first-order valence-electron chi connectivity index (χ1n) is 12.5. The number of rotatable bonds is 14. The second-order valence-electron chi connectivity index (χ2n) is 9.01. The molecule has 0 aliphatic carbocycles. The highest BCUT2D eigenvalue weighted by atomic mass is 35.5. The van der Waals surface area contributed by atoms with E-state index in [1.165, 1.54) is 9.21 Å². The highest BCUT2D eigenvalue weighted by Crippen LogP contribution is 2.23. The zero-order chi connectivity index (χ0) is 27.6. The molecule has 0 spiro atoms. The molecule has 10 heteroatoms. The zero-order valence-corrected chi connectivity index (χ0v) is 23.8. The Morgan fingerprint density at radius 1 is 1.03 bits per heavy atom. The van der Waals surface area contributed by atoms with Crippen LogP contribution >= 0.6 is 11.6 Å². The molecule has 2 rings (SSSR count). The van der Waals surface area contributed by atoms with E-state index in [0.29, 0.717) is 23.1 Å². The van der Waals surface area contributed by atoms with E-state index in [2.05, 4.69) is 5.32 Å². The van der Waals surface area contributed by atoms with Gasteiger partial charge in [0.25, 0.3) is 0 Å². The van der Waals surface area contributed by atoms with Gasteiger partial charge in [-0.2, -0.15) is 0 Å². The van der Waals surface area contributed by atoms with Crippen LogP contribution < -0.4 is 14.4 Å². The van der Waals surface area contributed by atoms with E-state index in [1.54, 1.807) is 43.3 Å². The molecular weight excluding hydrogens is 514 g/mol. The molecule has 0 bridgehead atoms. The number of hydrogen-bond donors (Lipinski definition) is 1. The van der Waals surface area contributed by atoms with Gasteiger partial charge in [-0.05, 0) is 75.6 Å². The molecule has 0 fully saturated rings. The number of nitrogens with zero attached hydrogens (tertiary/aromatic N) is 2. The monoisotopic (exact) mass is 551 g/mol. The molecule has 0 saturated carbocycles. The topological polar surface area (TPSA) is 96.0 Å². The Morgan fingerprint density at radius 2 is 1.65 bits per heavy atom. The first kappa shape index (κ1) is 30.4. The molecule has 0 saturated heterocycles. The highest BCUT2D eigenvalue weighted by Gasteiger charge is 2.27. The number of sulfonamides is 1. The largest absolute Gasteiger partial charge is 0.494 e. The lowest BCUT2D eigenvalue weighted by Crippen LogP contribution is -2.49. The maximum Gasteiger partial charge on any atom is 0.242 e. The van der Waals surface area contributed by atoms with Crippen molar-refractivity contribution in [1.82, 2.24) is 10.2 Å². The number of carbonyl (C=O) groups is 2. The third kappa shape index (κ3) is 9.55. The number of hydrogen-bond acceptors (Lipinski definition) is 5. The van der Waals surface area contributed by atoms with E-state index in [-0.39, 0.29) is 43.8 Å². The first-order chi connectivity index (χ1) is 17.5. The summed E-state index contributed by atoms with van der Waals surface area (Å²) >= 11 is 6.00. The van der Waals surface area contributed by atoms with Gasteiger partial charge in [0.05, 0.1) is 18.6 Å². The Bertz CT molecular complexity index is 1120. The summed E-state index contributed by atoms with van der Waals surface area (Å²) in [5.41, 5.74) is 1.34. The Kier molecular flexibility index (Phi) is 11.7. The van der Waals surface area contributed by atoms with Gasteiger partial charge >= 0.3 is 0 Å². The van der Waals surface area contributed by atoms with E-state index in [4.69, 9.17) is 16.3 Å². The second-order valence-corrected chi connectivity index (χ2v) is 11.4. The normalized spacial score (nSPS) is 12.9. The van der Waals surface area contributed by atoms with Crippen LogP contribution in [0, 0.1) is 0 Å². The quantitative estimate of drug-likeness (QED) is 0.370. The third-order valence-corrected chi connectivity index (χ3v) is 7.47. The minimum atomic E-state index is -3.57. The molecule has 0 aliphatic rings. The Hall–Kier alpha value is -2.78. The van der Waals surface area contributed by atoms with Crippen LogP contribution in [0.2, 0.25) is 5.02 Å². The fourth-order valence-corrected chi connectivity index (χ4v) is 4.81. The summed E-state index contributed by atoms with van der Waals surface area (Å²) in [6.45, 7) is 8.34. The fourth-order valence-electron chi connectivity index (χ4n) is 3.71. The van der Waals surface area contributed by atoms with Crippen LogP contribution in [-0.4, -0.2) is 56.6 Å². The van der Waals surface area contributed by atoms with Gasteiger partial charge in [-0.1, -0.05) is 30.7 Å². The maximum atomic E-state index is 13.3. The Balaban J connectivity index is 2.15. The van der Waals surface area contributed by atoms with Gasteiger partial charge in [0, 0.05) is 30.6 Å². The minimum absolute atomic E-state index is 0.0140. The van der Waals surface area contributed by atoms with Crippen molar-refractivity contribution in [2.24, 2.45) is 0 Å². The maximum absolute atomic E-state index is 13.3. The van der Waals surface area contributed by atoms with Gasteiger partial charge < -0.3 is 15.0 Å². The van der Waals surface area contributed by atoms with E-state index < -0.39 is 16.1 Å². The summed E-state index contributed by atoms with van der Waals surface area (Å²) in [6, 6.07) is 13.2. The van der Waals surface area contributed by atoms with E-state index in [9.17, 15) is 18.0 Å². The number of amides is 2. The molecule has 0 aliphatic heterocycles. The van der Waals surface area contributed by atoms with Gasteiger partial charge in [0.15, 0.2) is 0 Å². The highest BCUT2D eigenvalue weighted by molar-refractivity contribution is 7.92. The van der Waals surface area contributed by atoms with Crippen molar-refractivity contribution in [1.29, 1.82) is 0 Å². The van der Waals surface area contributed by atoms with Crippen LogP contribution in [-0.2, 0) is 26.2 Å². The number of halogens is 1.